The Hall–Kier alpha value is -0.517. The third-order valence-corrected chi connectivity index (χ3v) is 17.5. The van der Waals surface area contributed by atoms with Crippen LogP contribution in [0.15, 0.2) is 41.7 Å². The summed E-state index contributed by atoms with van der Waals surface area (Å²) in [5.74, 6) is 2.25. The molecule has 4 heteroatoms. The zero-order valence-electron chi connectivity index (χ0n) is 21.7. The molecule has 34 heavy (non-hydrogen) atoms. The molecule has 1 aromatic rings. The van der Waals surface area contributed by atoms with Crippen molar-refractivity contribution in [2.24, 2.45) is 5.92 Å². The van der Waals surface area contributed by atoms with Crippen molar-refractivity contribution < 1.29 is 17.9 Å². The molecular formula is C30H49N2PRu. The molecule has 192 valence electrons. The molecule has 2 nitrogen and oxygen atoms in total. The Morgan fingerprint density at radius 3 is 1.85 bits per heavy atom. The maximum atomic E-state index is 3.67. The van der Waals surface area contributed by atoms with Gasteiger partial charge in [-0.3, -0.25) is 0 Å². The van der Waals surface area contributed by atoms with Gasteiger partial charge in [-0.25, -0.2) is 0 Å². The molecular weight excluding hydrogens is 520 g/mol. The van der Waals surface area contributed by atoms with Crippen LogP contribution >= 0.6 is 7.26 Å². The molecule has 2 N–H and O–H groups in total. The predicted molar refractivity (Wildman–Crippen MR) is 149 cm³/mol. The molecule has 5 rings (SSSR count). The first-order valence-corrected chi connectivity index (χ1v) is 18.1. The van der Waals surface area contributed by atoms with E-state index in [1.165, 1.54) is 69.2 Å². The second kappa shape index (κ2) is 13.1. The van der Waals surface area contributed by atoms with E-state index in [4.69, 9.17) is 0 Å². The third-order valence-electron chi connectivity index (χ3n) is 9.85. The van der Waals surface area contributed by atoms with Crippen LogP contribution in [0.2, 0.25) is 0 Å². The van der Waals surface area contributed by atoms with Crippen molar-refractivity contribution in [2.75, 3.05) is 19.8 Å². The number of hydrogen-bond donors (Lipinski definition) is 2. The minimum absolute atomic E-state index is 0.817. The van der Waals surface area contributed by atoms with Crippen LogP contribution in [0.4, 0.5) is 0 Å². The average molecular weight is 570 g/mol. The van der Waals surface area contributed by atoms with E-state index in [-0.39, 0.29) is 0 Å². The number of benzene rings is 1. The summed E-state index contributed by atoms with van der Waals surface area (Å²) in [4.78, 5) is 0. The van der Waals surface area contributed by atoms with E-state index in [0.717, 1.165) is 36.0 Å². The molecule has 1 aromatic carbocycles. The summed E-state index contributed by atoms with van der Waals surface area (Å²) < 4.78 is 2.01. The van der Waals surface area contributed by atoms with Crippen LogP contribution < -0.4 is 10.6 Å². The Bertz CT molecular complexity index is 769. The zero-order valence-corrected chi connectivity index (χ0v) is 24.5. The summed E-state index contributed by atoms with van der Waals surface area (Å²) in [6.45, 7) is 7.76. The second-order valence-electron chi connectivity index (χ2n) is 11.6. The molecule has 0 amide bonds. The molecule has 2 atom stereocenters. The van der Waals surface area contributed by atoms with Gasteiger partial charge in [-0.05, 0) is 0 Å². The predicted octanol–water partition coefficient (Wildman–Crippen LogP) is 7.01. The molecule has 1 aliphatic heterocycles. The van der Waals surface area contributed by atoms with Crippen molar-refractivity contribution in [2.45, 2.75) is 107 Å². The number of allylic oxidation sites excluding steroid dienone is 1. The van der Waals surface area contributed by atoms with Crippen LogP contribution in [0.25, 0.3) is 0 Å². The molecule has 0 spiro atoms. The summed E-state index contributed by atoms with van der Waals surface area (Å²) >= 11 is 2.48. The number of rotatable bonds is 4. The molecule has 0 bridgehead atoms. The molecule has 1 heterocycles. The van der Waals surface area contributed by atoms with Crippen LogP contribution in [0.5, 0.6) is 0 Å². The standard InChI is InChI=1S/C23H43N2P.C7H6.Ru/c1-18-21(23-24-16-17-25-23)14-9-15-22(18)26(2,19-10-5-3-6-11-19)20-12-7-4-8-13-20;1-7-5-3-2-4-6-7;/h18-20,22,24-26H,3-17H2,1-2H3;1-6H;. The zero-order chi connectivity index (χ0) is 23.8. The molecule has 1 saturated heterocycles. The van der Waals surface area contributed by atoms with Crippen molar-refractivity contribution >= 4 is 11.9 Å². The first kappa shape index (κ1) is 26.5. The molecule has 4 fully saturated rings. The van der Waals surface area contributed by atoms with E-state index in [1.807, 2.05) is 22.8 Å². The van der Waals surface area contributed by atoms with Gasteiger partial charge in [0.1, 0.15) is 0 Å². The fraction of sp³-hybridized carbons (Fsp3) is 0.700. The van der Waals surface area contributed by atoms with Crippen LogP contribution in [0.1, 0.15) is 96.0 Å². The quantitative estimate of drug-likeness (QED) is 0.301. The second-order valence-corrected chi connectivity index (χ2v) is 17.2. The van der Waals surface area contributed by atoms with Gasteiger partial charge >= 0.3 is 221 Å². The average Bonchev–Trinajstić information content (AvgIpc) is 3.45. The van der Waals surface area contributed by atoms with Gasteiger partial charge in [0.2, 0.25) is 0 Å². The van der Waals surface area contributed by atoms with E-state index in [9.17, 15) is 0 Å². The van der Waals surface area contributed by atoms with E-state index in [1.54, 1.807) is 31.3 Å². The van der Waals surface area contributed by atoms with Crippen LogP contribution in [0.3, 0.4) is 0 Å². The van der Waals surface area contributed by atoms with Gasteiger partial charge in [-0.1, -0.05) is 0 Å². The Morgan fingerprint density at radius 2 is 1.35 bits per heavy atom. The van der Waals surface area contributed by atoms with Gasteiger partial charge in [0.25, 0.3) is 0 Å². The van der Waals surface area contributed by atoms with Crippen LogP contribution in [-0.2, 0) is 17.9 Å². The third kappa shape index (κ3) is 6.24. The van der Waals surface area contributed by atoms with E-state index >= 15 is 0 Å². The van der Waals surface area contributed by atoms with Crippen molar-refractivity contribution in [3.63, 3.8) is 0 Å². The summed E-state index contributed by atoms with van der Waals surface area (Å²) in [6, 6.07) is 10.2. The van der Waals surface area contributed by atoms with E-state index < -0.39 is 7.26 Å². The van der Waals surface area contributed by atoms with Crippen molar-refractivity contribution in [1.29, 1.82) is 0 Å². The monoisotopic (exact) mass is 570 g/mol. The fourth-order valence-corrected chi connectivity index (χ4v) is 15.6. The number of hydrogen-bond acceptors (Lipinski definition) is 2. The van der Waals surface area contributed by atoms with Crippen LogP contribution in [-0.4, -0.2) is 41.3 Å². The summed E-state index contributed by atoms with van der Waals surface area (Å²) in [5, 5.41) is 7.34. The SMILES string of the molecule is CC1C(=C2NCCN2)CCCC1[PH](C)(C1CCCCC1)C1CCCCC1.[Ru]=[CH]c1ccccc1. The van der Waals surface area contributed by atoms with Gasteiger partial charge in [-0.15, -0.1) is 0 Å². The van der Waals surface area contributed by atoms with Gasteiger partial charge in [0.05, 0.1) is 0 Å². The molecule has 0 radical (unpaired) electrons. The summed E-state index contributed by atoms with van der Waals surface area (Å²) in [5.41, 5.74) is 6.31. The molecule has 3 saturated carbocycles. The Morgan fingerprint density at radius 1 is 0.794 bits per heavy atom. The Balaban J connectivity index is 0.000000291. The van der Waals surface area contributed by atoms with E-state index in [2.05, 4.69) is 54.2 Å². The van der Waals surface area contributed by atoms with Gasteiger partial charge in [0, 0.05) is 0 Å². The molecule has 4 aliphatic rings. The molecule has 0 aromatic heterocycles. The van der Waals surface area contributed by atoms with Crippen LogP contribution in [0, 0.1) is 5.92 Å². The normalized spacial score (nSPS) is 27.3. The van der Waals surface area contributed by atoms with Gasteiger partial charge in [0.15, 0.2) is 0 Å². The first-order chi connectivity index (χ1) is 16.6. The van der Waals surface area contributed by atoms with Crippen molar-refractivity contribution in [1.82, 2.24) is 10.6 Å². The first-order valence-electron chi connectivity index (χ1n) is 14.3. The van der Waals surface area contributed by atoms with Gasteiger partial charge < -0.3 is 0 Å². The maximum absolute atomic E-state index is 3.67. The number of nitrogens with one attached hydrogen (secondary N) is 2. The Kier molecular flexibility index (Phi) is 10.3. The minimum atomic E-state index is -1.29. The van der Waals surface area contributed by atoms with E-state index in [0.29, 0.717) is 0 Å². The molecule has 3 aliphatic carbocycles. The topological polar surface area (TPSA) is 24.1 Å². The van der Waals surface area contributed by atoms with Crippen molar-refractivity contribution in [3.8, 4) is 0 Å². The summed E-state index contributed by atoms with van der Waals surface area (Å²) in [7, 11) is -1.29. The summed E-state index contributed by atoms with van der Waals surface area (Å²) in [6.07, 6.45) is 19.7. The van der Waals surface area contributed by atoms with Crippen molar-refractivity contribution in [3.05, 3.63) is 47.3 Å². The Labute approximate surface area is 220 Å². The fourth-order valence-electron chi connectivity index (χ4n) is 8.01. The molecule has 2 unspecified atom stereocenters. The van der Waals surface area contributed by atoms with Gasteiger partial charge in [-0.2, -0.15) is 0 Å².